The quantitative estimate of drug-likeness (QED) is 0.0678. The molecule has 0 spiro atoms. The second kappa shape index (κ2) is 17.1. The summed E-state index contributed by atoms with van der Waals surface area (Å²) in [6.45, 7) is 10.8. The molecule has 5 N–H and O–H groups in total. The zero-order valence-electron chi connectivity index (χ0n) is 27.2. The van der Waals surface area contributed by atoms with Gasteiger partial charge in [0.05, 0.1) is 4.90 Å². The summed E-state index contributed by atoms with van der Waals surface area (Å²) in [5, 5.41) is 2.53. The van der Waals surface area contributed by atoms with Crippen molar-refractivity contribution < 1.29 is 32.3 Å². The number of nitrogens with zero attached hydrogens (tertiary/aromatic N) is 3. The highest BCUT2D eigenvalue weighted by atomic mass is 32.2. The number of benzene rings is 1. The van der Waals surface area contributed by atoms with Gasteiger partial charge in [-0.1, -0.05) is 30.4 Å². The van der Waals surface area contributed by atoms with E-state index in [-0.39, 0.29) is 55.5 Å². The summed E-state index contributed by atoms with van der Waals surface area (Å²) in [6.07, 6.45) is 1.94. The van der Waals surface area contributed by atoms with Gasteiger partial charge >= 0.3 is 17.8 Å². The molecule has 0 aliphatic rings. The normalized spacial score (nSPS) is 12.5. The van der Waals surface area contributed by atoms with Crippen molar-refractivity contribution in [2.24, 2.45) is 10.7 Å². The lowest BCUT2D eigenvalue weighted by atomic mass is 10.1. The van der Waals surface area contributed by atoms with Gasteiger partial charge in [0.2, 0.25) is 11.9 Å². The van der Waals surface area contributed by atoms with Crippen LogP contribution in [0, 0.1) is 13.8 Å². The number of aromatic amines is 1. The van der Waals surface area contributed by atoms with E-state index in [4.69, 9.17) is 15.2 Å². The lowest BCUT2D eigenvalue weighted by molar-refractivity contribution is -0.154. The van der Waals surface area contributed by atoms with Gasteiger partial charge in [0.1, 0.15) is 24.8 Å². The van der Waals surface area contributed by atoms with Gasteiger partial charge in [0, 0.05) is 31.4 Å². The van der Waals surface area contributed by atoms with Crippen molar-refractivity contribution in [2.45, 2.75) is 70.5 Å². The summed E-state index contributed by atoms with van der Waals surface area (Å²) < 4.78 is 38.9. The van der Waals surface area contributed by atoms with Crippen LogP contribution in [0.25, 0.3) is 0 Å². The fourth-order valence-electron chi connectivity index (χ4n) is 4.09. The summed E-state index contributed by atoms with van der Waals surface area (Å²) >= 11 is 0. The number of nitrogens with two attached hydrogens (primary N) is 1. The number of rotatable bonds is 15. The van der Waals surface area contributed by atoms with Crippen LogP contribution in [-0.4, -0.2) is 84.7 Å². The maximum atomic E-state index is 13.6. The second-order valence-electron chi connectivity index (χ2n) is 11.5. The number of aliphatic imine (C=N–C) groups is 1. The molecule has 0 aliphatic carbocycles. The Hall–Kier alpha value is -4.93. The smallest absolute Gasteiger partial charge is 0.407 e. The average Bonchev–Trinajstić information content (AvgIpc) is 2.96. The Kier molecular flexibility index (Phi) is 13.9. The summed E-state index contributed by atoms with van der Waals surface area (Å²) in [4.78, 5) is 70.6. The van der Waals surface area contributed by atoms with Crippen molar-refractivity contribution in [3.05, 3.63) is 75.1 Å². The number of alkyl carbamates (subject to hydrolysis) is 1. The number of ether oxygens (including phenoxy) is 2. The van der Waals surface area contributed by atoms with Gasteiger partial charge in [0.15, 0.2) is 0 Å². The largest absolute Gasteiger partial charge is 0.460 e. The predicted molar refractivity (Wildman–Crippen MR) is 174 cm³/mol. The summed E-state index contributed by atoms with van der Waals surface area (Å²) in [5.41, 5.74) is 4.66. The highest BCUT2D eigenvalue weighted by Gasteiger charge is 2.31. The molecule has 0 fully saturated rings. The number of aromatic nitrogens is 2. The van der Waals surface area contributed by atoms with Gasteiger partial charge in [-0.2, -0.15) is 0 Å². The molecule has 1 aromatic carbocycles. The van der Waals surface area contributed by atoms with Crippen LogP contribution >= 0.6 is 0 Å². The molecule has 0 saturated carbocycles. The SMILES string of the molecule is C=CCOC(=O)[C@@H](CCCN=C(N)NS(=O)(=O)c1ccc(C)cc1)N(CCNC(=O)OC(C)(C)C)C(=O)Cn1cc(C)c(=O)[nH]c1=O. The number of H-pyrrole nitrogens is 1. The second-order valence-corrected chi connectivity index (χ2v) is 13.2. The van der Waals surface area contributed by atoms with E-state index in [1.807, 2.05) is 6.92 Å². The van der Waals surface area contributed by atoms with Gasteiger partial charge in [-0.05, 0) is 59.6 Å². The van der Waals surface area contributed by atoms with Crippen LogP contribution in [0.3, 0.4) is 0 Å². The molecule has 1 heterocycles. The van der Waals surface area contributed by atoms with E-state index in [9.17, 15) is 32.4 Å². The molecule has 16 nitrogen and oxygen atoms in total. The maximum absolute atomic E-state index is 13.6. The molecular formula is C30H43N7O9S. The molecule has 0 saturated heterocycles. The van der Waals surface area contributed by atoms with Gasteiger partial charge in [0.25, 0.3) is 15.6 Å². The standard InChI is InChI=1S/C30H43N7O9S/c1-7-17-45-26(40)23(9-8-14-32-27(31)35-47(43,44)22-12-10-20(2)11-13-22)37(16-15-33-29(42)46-30(4,5)6)24(38)19-36-18-21(3)25(39)34-28(36)41/h7,10-13,18,23H,1,8-9,14-17,19H2,2-6H3,(H,33,42)(H3,31,32,35)(H,34,39,41)/t23-/m1/s1. The number of hydrogen-bond acceptors (Lipinski definition) is 10. The number of carbonyl (C=O) groups is 3. The molecule has 2 rings (SSSR count). The van der Waals surface area contributed by atoms with Crippen LogP contribution < -0.4 is 27.0 Å². The Balaban J connectivity index is 2.28. The van der Waals surface area contributed by atoms with Crippen molar-refractivity contribution >= 4 is 34.0 Å². The van der Waals surface area contributed by atoms with Crippen LogP contribution in [0.1, 0.15) is 44.7 Å². The topological polar surface area (TPSA) is 224 Å². The molecule has 2 aromatic rings. The van der Waals surface area contributed by atoms with E-state index in [0.717, 1.165) is 15.0 Å². The first-order valence-electron chi connectivity index (χ1n) is 14.7. The van der Waals surface area contributed by atoms with Crippen LogP contribution in [0.2, 0.25) is 0 Å². The Morgan fingerprint density at radius 3 is 2.45 bits per heavy atom. The number of guanidine groups is 1. The predicted octanol–water partition coefficient (Wildman–Crippen LogP) is 0.678. The Morgan fingerprint density at radius 2 is 1.83 bits per heavy atom. The molecule has 0 unspecified atom stereocenters. The lowest BCUT2D eigenvalue weighted by Gasteiger charge is -2.31. The summed E-state index contributed by atoms with van der Waals surface area (Å²) in [5.74, 6) is -1.87. The van der Waals surface area contributed by atoms with Crippen LogP contribution in [0.4, 0.5) is 4.79 Å². The first kappa shape index (κ1) is 38.3. The molecule has 0 aliphatic heterocycles. The monoisotopic (exact) mass is 677 g/mol. The van der Waals surface area contributed by atoms with Gasteiger partial charge in [-0.25, -0.2) is 27.5 Å². The fraction of sp³-hybridized carbons (Fsp3) is 0.467. The van der Waals surface area contributed by atoms with E-state index in [2.05, 4.69) is 26.6 Å². The van der Waals surface area contributed by atoms with E-state index in [1.54, 1.807) is 32.9 Å². The average molecular weight is 678 g/mol. The Labute approximate surface area is 273 Å². The zero-order valence-corrected chi connectivity index (χ0v) is 28.0. The summed E-state index contributed by atoms with van der Waals surface area (Å²) in [6, 6.07) is 4.91. The Morgan fingerprint density at radius 1 is 1.17 bits per heavy atom. The number of carbonyl (C=O) groups excluding carboxylic acids is 3. The molecule has 1 aromatic heterocycles. The molecular weight excluding hydrogens is 634 g/mol. The van der Waals surface area contributed by atoms with Crippen LogP contribution in [0.15, 0.2) is 62.6 Å². The van der Waals surface area contributed by atoms with Gasteiger partial charge < -0.3 is 25.4 Å². The maximum Gasteiger partial charge on any atom is 0.407 e. The lowest BCUT2D eigenvalue weighted by Crippen LogP contribution is -2.51. The van der Waals surface area contributed by atoms with E-state index < -0.39 is 57.4 Å². The van der Waals surface area contributed by atoms with Gasteiger partial charge in [-0.15, -0.1) is 0 Å². The van der Waals surface area contributed by atoms with Crippen molar-refractivity contribution in [2.75, 3.05) is 26.2 Å². The van der Waals surface area contributed by atoms with Crippen LogP contribution in [-0.2, 0) is 35.6 Å². The molecule has 1 atom stereocenters. The van der Waals surface area contributed by atoms with E-state index in [1.165, 1.54) is 31.3 Å². The first-order chi connectivity index (χ1) is 21.9. The van der Waals surface area contributed by atoms with E-state index in [0.29, 0.717) is 0 Å². The first-order valence-corrected chi connectivity index (χ1v) is 16.2. The number of esters is 1. The molecule has 0 bridgehead atoms. The van der Waals surface area contributed by atoms with Crippen molar-refractivity contribution in [1.82, 2.24) is 24.5 Å². The molecule has 17 heteroatoms. The van der Waals surface area contributed by atoms with Crippen molar-refractivity contribution in [3.8, 4) is 0 Å². The third kappa shape index (κ3) is 12.8. The number of sulfonamides is 1. The molecule has 258 valence electrons. The number of nitrogens with one attached hydrogen (secondary N) is 3. The third-order valence-electron chi connectivity index (χ3n) is 6.32. The Bertz CT molecular complexity index is 1670. The highest BCUT2D eigenvalue weighted by molar-refractivity contribution is 7.90. The molecule has 2 amide bonds. The zero-order chi connectivity index (χ0) is 35.4. The van der Waals surface area contributed by atoms with Crippen molar-refractivity contribution in [3.63, 3.8) is 0 Å². The van der Waals surface area contributed by atoms with Gasteiger partial charge in [-0.3, -0.25) is 24.1 Å². The number of hydrogen-bond donors (Lipinski definition) is 4. The summed E-state index contributed by atoms with van der Waals surface area (Å²) in [7, 11) is -3.98. The molecule has 47 heavy (non-hydrogen) atoms. The highest BCUT2D eigenvalue weighted by Crippen LogP contribution is 2.13. The van der Waals surface area contributed by atoms with Crippen LogP contribution in [0.5, 0.6) is 0 Å². The third-order valence-corrected chi connectivity index (χ3v) is 7.69. The minimum atomic E-state index is -3.98. The van der Waals surface area contributed by atoms with E-state index >= 15 is 0 Å². The van der Waals surface area contributed by atoms with Crippen molar-refractivity contribution in [1.29, 1.82) is 0 Å². The minimum Gasteiger partial charge on any atom is -0.460 e. The minimum absolute atomic E-state index is 0.00258. The molecule has 0 radical (unpaired) electrons. The fourth-order valence-corrected chi connectivity index (χ4v) is 5.04. The number of amides is 2. The number of aryl methyl sites for hydroxylation is 2.